The van der Waals surface area contributed by atoms with Crippen LogP contribution in [0.4, 0.5) is 0 Å². The fourth-order valence-corrected chi connectivity index (χ4v) is 3.99. The van der Waals surface area contributed by atoms with Crippen LogP contribution in [0.25, 0.3) is 11.2 Å². The van der Waals surface area contributed by atoms with Crippen molar-refractivity contribution in [1.29, 1.82) is 0 Å². The largest absolute Gasteiger partial charge is 0.487 e. The van der Waals surface area contributed by atoms with Crippen LogP contribution in [0.3, 0.4) is 0 Å². The van der Waals surface area contributed by atoms with Gasteiger partial charge < -0.3 is 14.6 Å². The SMILES string of the molecule is Cn1c(=O)c2c(ncn2CCC(=O)N[C@@H]2CC(C)(C)Oc3ccccc32)n(C)c1=O. The summed E-state index contributed by atoms with van der Waals surface area (Å²) in [6, 6.07) is 7.57. The molecule has 1 atom stereocenters. The molecule has 30 heavy (non-hydrogen) atoms. The highest BCUT2D eigenvalue weighted by Gasteiger charge is 2.34. The zero-order valence-corrected chi connectivity index (χ0v) is 17.5. The summed E-state index contributed by atoms with van der Waals surface area (Å²) in [4.78, 5) is 41.5. The van der Waals surface area contributed by atoms with E-state index in [9.17, 15) is 14.4 Å². The summed E-state index contributed by atoms with van der Waals surface area (Å²) in [5.41, 5.74) is 0.335. The maximum Gasteiger partial charge on any atom is 0.332 e. The van der Waals surface area contributed by atoms with Crippen LogP contribution < -0.4 is 21.3 Å². The van der Waals surface area contributed by atoms with Crippen LogP contribution in [0.15, 0.2) is 40.2 Å². The number of hydrogen-bond donors (Lipinski definition) is 1. The molecule has 1 aromatic carbocycles. The first-order chi connectivity index (χ1) is 14.2. The molecule has 158 valence electrons. The monoisotopic (exact) mass is 411 g/mol. The lowest BCUT2D eigenvalue weighted by Gasteiger charge is -2.37. The van der Waals surface area contributed by atoms with E-state index < -0.39 is 11.2 Å². The minimum Gasteiger partial charge on any atom is -0.487 e. The standard InChI is InChI=1S/C21H25N5O4/c1-21(2)11-14(13-7-5-6-8-15(13)30-21)23-16(27)9-10-26-12-22-18-17(26)19(28)25(4)20(29)24(18)3/h5-8,12,14H,9-11H2,1-4H3,(H,23,27)/t14-/m1/s1. The summed E-state index contributed by atoms with van der Waals surface area (Å²) in [6.07, 6.45) is 2.33. The van der Waals surface area contributed by atoms with E-state index in [1.165, 1.54) is 17.9 Å². The number of imidazole rings is 1. The van der Waals surface area contributed by atoms with Gasteiger partial charge in [-0.15, -0.1) is 0 Å². The van der Waals surface area contributed by atoms with Gasteiger partial charge in [0.1, 0.15) is 11.4 Å². The first kappa shape index (κ1) is 19.9. The number of amides is 1. The van der Waals surface area contributed by atoms with Gasteiger partial charge in [-0.1, -0.05) is 18.2 Å². The second-order valence-electron chi connectivity index (χ2n) is 8.29. The number of rotatable bonds is 4. The first-order valence-corrected chi connectivity index (χ1v) is 9.86. The molecule has 0 fully saturated rings. The number of aromatic nitrogens is 4. The Morgan fingerprint density at radius 2 is 1.97 bits per heavy atom. The highest BCUT2D eigenvalue weighted by atomic mass is 16.5. The van der Waals surface area contributed by atoms with E-state index in [4.69, 9.17) is 4.74 Å². The Kier molecular flexibility index (Phi) is 4.76. The molecule has 0 aliphatic carbocycles. The summed E-state index contributed by atoms with van der Waals surface area (Å²) < 4.78 is 10.0. The van der Waals surface area contributed by atoms with Crippen molar-refractivity contribution in [2.45, 2.75) is 44.9 Å². The van der Waals surface area contributed by atoms with Crippen molar-refractivity contribution < 1.29 is 9.53 Å². The molecule has 3 aromatic rings. The zero-order valence-electron chi connectivity index (χ0n) is 17.5. The fourth-order valence-electron chi connectivity index (χ4n) is 3.99. The molecule has 0 unspecified atom stereocenters. The predicted molar refractivity (Wildman–Crippen MR) is 111 cm³/mol. The Morgan fingerprint density at radius 1 is 1.23 bits per heavy atom. The van der Waals surface area contributed by atoms with Gasteiger partial charge in [-0.3, -0.25) is 18.7 Å². The molecule has 1 amide bonds. The van der Waals surface area contributed by atoms with Gasteiger partial charge >= 0.3 is 5.69 Å². The van der Waals surface area contributed by atoms with Crippen molar-refractivity contribution in [3.8, 4) is 5.75 Å². The average molecular weight is 411 g/mol. The molecule has 3 heterocycles. The molecular formula is C21H25N5O4. The lowest BCUT2D eigenvalue weighted by molar-refractivity contribution is -0.122. The lowest BCUT2D eigenvalue weighted by atomic mass is 9.89. The van der Waals surface area contributed by atoms with Gasteiger partial charge in [-0.25, -0.2) is 9.78 Å². The van der Waals surface area contributed by atoms with Crippen molar-refractivity contribution in [3.63, 3.8) is 0 Å². The third kappa shape index (κ3) is 3.40. The summed E-state index contributed by atoms with van der Waals surface area (Å²) in [6.45, 7) is 4.28. The highest BCUT2D eigenvalue weighted by Crippen LogP contribution is 2.39. The minimum absolute atomic E-state index is 0.129. The number of ether oxygens (including phenoxy) is 1. The van der Waals surface area contributed by atoms with Gasteiger partial charge in [0.25, 0.3) is 5.56 Å². The third-order valence-electron chi connectivity index (χ3n) is 5.51. The molecule has 0 bridgehead atoms. The molecule has 1 aliphatic heterocycles. The molecule has 9 heteroatoms. The molecule has 0 spiro atoms. The number of para-hydroxylation sites is 1. The number of nitrogens with zero attached hydrogens (tertiary/aromatic N) is 4. The second kappa shape index (κ2) is 7.16. The number of benzene rings is 1. The van der Waals surface area contributed by atoms with Crippen LogP contribution in [0, 0.1) is 0 Å². The fraction of sp³-hybridized carbons (Fsp3) is 0.429. The molecule has 1 aliphatic rings. The van der Waals surface area contributed by atoms with Gasteiger partial charge in [0.05, 0.1) is 12.4 Å². The van der Waals surface area contributed by atoms with E-state index in [0.29, 0.717) is 17.6 Å². The van der Waals surface area contributed by atoms with E-state index in [0.717, 1.165) is 15.9 Å². The molecule has 9 nitrogen and oxygen atoms in total. The van der Waals surface area contributed by atoms with Crippen LogP contribution in [0.2, 0.25) is 0 Å². The van der Waals surface area contributed by atoms with Gasteiger partial charge in [-0.05, 0) is 19.9 Å². The van der Waals surface area contributed by atoms with Gasteiger partial charge in [0.2, 0.25) is 5.91 Å². The molecule has 0 saturated heterocycles. The number of fused-ring (bicyclic) bond motifs is 2. The van der Waals surface area contributed by atoms with Crippen molar-refractivity contribution in [1.82, 2.24) is 24.0 Å². The topological polar surface area (TPSA) is 100 Å². The van der Waals surface area contributed by atoms with Crippen molar-refractivity contribution in [2.75, 3.05) is 0 Å². The van der Waals surface area contributed by atoms with E-state index in [2.05, 4.69) is 10.3 Å². The minimum atomic E-state index is -0.434. The summed E-state index contributed by atoms with van der Waals surface area (Å²) in [5, 5.41) is 3.10. The second-order valence-corrected chi connectivity index (χ2v) is 8.29. The normalized spacial score (nSPS) is 17.4. The van der Waals surface area contributed by atoms with Gasteiger partial charge in [0.15, 0.2) is 11.2 Å². The molecular weight excluding hydrogens is 386 g/mol. The van der Waals surface area contributed by atoms with Crippen LogP contribution in [0.5, 0.6) is 5.75 Å². The van der Waals surface area contributed by atoms with Crippen molar-refractivity contribution >= 4 is 17.1 Å². The number of carbonyl (C=O) groups excluding carboxylic acids is 1. The molecule has 2 aromatic heterocycles. The maximum absolute atomic E-state index is 12.7. The molecule has 4 rings (SSSR count). The number of hydrogen-bond acceptors (Lipinski definition) is 5. The molecule has 0 saturated carbocycles. The van der Waals surface area contributed by atoms with Gasteiger partial charge in [0, 0.05) is 39.0 Å². The Bertz CT molecular complexity index is 1250. The highest BCUT2D eigenvalue weighted by molar-refractivity contribution is 5.77. The summed E-state index contributed by atoms with van der Waals surface area (Å²) in [7, 11) is 3.00. The van der Waals surface area contributed by atoms with E-state index in [1.54, 1.807) is 11.6 Å². The molecule has 0 radical (unpaired) electrons. The zero-order chi connectivity index (χ0) is 21.6. The van der Waals surface area contributed by atoms with Gasteiger partial charge in [-0.2, -0.15) is 0 Å². The molecule has 1 N–H and O–H groups in total. The smallest absolute Gasteiger partial charge is 0.332 e. The van der Waals surface area contributed by atoms with E-state index in [1.807, 2.05) is 38.1 Å². The first-order valence-electron chi connectivity index (χ1n) is 9.86. The van der Waals surface area contributed by atoms with Crippen molar-refractivity contribution in [2.24, 2.45) is 14.1 Å². The average Bonchev–Trinajstić information content (AvgIpc) is 3.12. The Hall–Kier alpha value is -3.36. The Morgan fingerprint density at radius 3 is 2.73 bits per heavy atom. The van der Waals surface area contributed by atoms with Crippen LogP contribution in [-0.4, -0.2) is 30.2 Å². The van der Waals surface area contributed by atoms with Crippen LogP contribution in [0.1, 0.15) is 38.3 Å². The van der Waals surface area contributed by atoms with E-state index >= 15 is 0 Å². The lowest BCUT2D eigenvalue weighted by Crippen LogP contribution is -2.41. The van der Waals surface area contributed by atoms with Crippen molar-refractivity contribution in [3.05, 3.63) is 57.0 Å². The summed E-state index contributed by atoms with van der Waals surface area (Å²) in [5.74, 6) is 0.653. The Labute approximate surface area is 172 Å². The Balaban J connectivity index is 1.53. The number of nitrogens with one attached hydrogen (secondary N) is 1. The van der Waals surface area contributed by atoms with Crippen LogP contribution in [-0.2, 0) is 25.4 Å². The summed E-state index contributed by atoms with van der Waals surface area (Å²) >= 11 is 0. The maximum atomic E-state index is 12.7. The predicted octanol–water partition coefficient (Wildman–Crippen LogP) is 1.24. The number of carbonyl (C=O) groups is 1. The number of aryl methyl sites for hydroxylation is 2. The van der Waals surface area contributed by atoms with E-state index in [-0.39, 0.29) is 30.5 Å². The quantitative estimate of drug-likeness (QED) is 0.696. The van der Waals surface area contributed by atoms with Crippen LogP contribution >= 0.6 is 0 Å². The third-order valence-corrected chi connectivity index (χ3v) is 5.51.